The Bertz CT molecular complexity index is 1050. The molecule has 0 unspecified atom stereocenters. The average molecular weight is 368 g/mol. The topological polar surface area (TPSA) is 65.0 Å². The number of azo groups is 2. The molecule has 1 aliphatic heterocycles. The van der Waals surface area contributed by atoms with Crippen molar-refractivity contribution >= 4 is 34.3 Å². The molecule has 0 saturated heterocycles. The van der Waals surface area contributed by atoms with E-state index >= 15 is 0 Å². The van der Waals surface area contributed by atoms with Gasteiger partial charge in [-0.1, -0.05) is 18.2 Å². The van der Waals surface area contributed by atoms with Crippen LogP contribution in [0.15, 0.2) is 98.2 Å². The smallest absolute Gasteiger partial charge is 0.155 e. The fourth-order valence-electron chi connectivity index (χ4n) is 2.81. The zero-order valence-electron chi connectivity index (χ0n) is 15.8. The molecule has 6 heteroatoms. The van der Waals surface area contributed by atoms with Gasteiger partial charge in [-0.15, -0.1) is 10.2 Å². The number of nitrogens with zero attached hydrogens (tertiary/aromatic N) is 6. The van der Waals surface area contributed by atoms with Crippen molar-refractivity contribution in [3.63, 3.8) is 0 Å². The van der Waals surface area contributed by atoms with Gasteiger partial charge in [-0.25, -0.2) is 4.99 Å². The number of anilines is 1. The van der Waals surface area contributed by atoms with Gasteiger partial charge in [0.15, 0.2) is 5.84 Å². The largest absolute Gasteiger partial charge is 0.378 e. The first-order valence-electron chi connectivity index (χ1n) is 9.04. The summed E-state index contributed by atoms with van der Waals surface area (Å²) in [6.07, 6.45) is 0.721. The minimum absolute atomic E-state index is 0.721. The van der Waals surface area contributed by atoms with Crippen LogP contribution in [0.1, 0.15) is 5.56 Å². The molecule has 0 amide bonds. The number of para-hydroxylation sites is 1. The summed E-state index contributed by atoms with van der Waals surface area (Å²) in [6.45, 7) is 0. The first-order valence-corrected chi connectivity index (χ1v) is 9.04. The Morgan fingerprint density at radius 2 is 1.21 bits per heavy atom. The summed E-state index contributed by atoms with van der Waals surface area (Å²) in [5, 5.41) is 17.1. The van der Waals surface area contributed by atoms with Crippen LogP contribution in [0.25, 0.3) is 0 Å². The van der Waals surface area contributed by atoms with E-state index in [4.69, 9.17) is 0 Å². The van der Waals surface area contributed by atoms with Crippen LogP contribution in [-0.2, 0) is 6.42 Å². The second-order valence-electron chi connectivity index (χ2n) is 6.66. The second kappa shape index (κ2) is 7.92. The molecule has 3 aromatic carbocycles. The summed E-state index contributed by atoms with van der Waals surface area (Å²) >= 11 is 0. The SMILES string of the molecule is CN(C)c1ccc(N=Nc2ccc(N=NC3=Nc4ccccc4C3)cc2)cc1. The van der Waals surface area contributed by atoms with E-state index < -0.39 is 0 Å². The zero-order valence-corrected chi connectivity index (χ0v) is 15.8. The third kappa shape index (κ3) is 4.17. The molecule has 0 fully saturated rings. The van der Waals surface area contributed by atoms with Gasteiger partial charge >= 0.3 is 0 Å². The van der Waals surface area contributed by atoms with Crippen LogP contribution in [-0.4, -0.2) is 19.9 Å². The van der Waals surface area contributed by atoms with Crippen molar-refractivity contribution in [3.8, 4) is 0 Å². The highest BCUT2D eigenvalue weighted by molar-refractivity contribution is 5.92. The highest BCUT2D eigenvalue weighted by atomic mass is 15.2. The Morgan fingerprint density at radius 3 is 1.79 bits per heavy atom. The first-order chi connectivity index (χ1) is 13.7. The molecule has 0 N–H and O–H groups in total. The Balaban J connectivity index is 1.39. The highest BCUT2D eigenvalue weighted by Gasteiger charge is 2.12. The normalized spacial score (nSPS) is 13.1. The molecular formula is C22H20N6. The number of benzene rings is 3. The van der Waals surface area contributed by atoms with Crippen molar-refractivity contribution in [1.82, 2.24) is 0 Å². The van der Waals surface area contributed by atoms with Crippen molar-refractivity contribution in [1.29, 1.82) is 0 Å². The number of hydrogen-bond acceptors (Lipinski definition) is 6. The molecule has 3 aromatic rings. The van der Waals surface area contributed by atoms with E-state index in [0.717, 1.165) is 40.7 Å². The monoisotopic (exact) mass is 368 g/mol. The summed E-state index contributed by atoms with van der Waals surface area (Å²) in [5.41, 5.74) is 5.63. The molecular weight excluding hydrogens is 348 g/mol. The molecule has 138 valence electrons. The molecule has 1 aliphatic rings. The van der Waals surface area contributed by atoms with Gasteiger partial charge in [0, 0.05) is 26.2 Å². The lowest BCUT2D eigenvalue weighted by atomic mass is 10.1. The Kier molecular flexibility index (Phi) is 5.01. The van der Waals surface area contributed by atoms with E-state index in [1.807, 2.05) is 85.7 Å². The van der Waals surface area contributed by atoms with Crippen molar-refractivity contribution in [2.45, 2.75) is 6.42 Å². The van der Waals surface area contributed by atoms with Crippen molar-refractivity contribution in [2.75, 3.05) is 19.0 Å². The fourth-order valence-corrected chi connectivity index (χ4v) is 2.81. The van der Waals surface area contributed by atoms with Crippen molar-refractivity contribution in [3.05, 3.63) is 78.4 Å². The van der Waals surface area contributed by atoms with Gasteiger partial charge in [0.2, 0.25) is 0 Å². The Morgan fingerprint density at radius 1 is 0.679 bits per heavy atom. The predicted molar refractivity (Wildman–Crippen MR) is 113 cm³/mol. The molecule has 0 radical (unpaired) electrons. The minimum Gasteiger partial charge on any atom is -0.378 e. The van der Waals surface area contributed by atoms with E-state index in [1.165, 1.54) is 5.56 Å². The molecule has 0 bridgehead atoms. The van der Waals surface area contributed by atoms with Crippen molar-refractivity contribution < 1.29 is 0 Å². The van der Waals surface area contributed by atoms with Gasteiger partial charge in [0.25, 0.3) is 0 Å². The lowest BCUT2D eigenvalue weighted by Crippen LogP contribution is -2.07. The van der Waals surface area contributed by atoms with Crippen LogP contribution in [0.3, 0.4) is 0 Å². The highest BCUT2D eigenvalue weighted by Crippen LogP contribution is 2.27. The van der Waals surface area contributed by atoms with E-state index in [0.29, 0.717) is 0 Å². The van der Waals surface area contributed by atoms with E-state index in [9.17, 15) is 0 Å². The quantitative estimate of drug-likeness (QED) is 0.482. The fraction of sp³-hybridized carbons (Fsp3) is 0.136. The number of fused-ring (bicyclic) bond motifs is 1. The third-order valence-electron chi connectivity index (χ3n) is 4.37. The summed E-state index contributed by atoms with van der Waals surface area (Å²) < 4.78 is 0. The van der Waals surface area contributed by atoms with E-state index in [-0.39, 0.29) is 0 Å². The lowest BCUT2D eigenvalue weighted by molar-refractivity contribution is 1.13. The molecule has 0 atom stereocenters. The van der Waals surface area contributed by atoms with Crippen LogP contribution in [0.2, 0.25) is 0 Å². The first kappa shape index (κ1) is 17.7. The zero-order chi connectivity index (χ0) is 19.3. The van der Waals surface area contributed by atoms with Gasteiger partial charge in [0.1, 0.15) is 0 Å². The van der Waals surface area contributed by atoms with Crippen LogP contribution >= 0.6 is 0 Å². The second-order valence-corrected chi connectivity index (χ2v) is 6.66. The number of hydrogen-bond donors (Lipinski definition) is 0. The molecule has 0 aromatic heterocycles. The summed E-state index contributed by atoms with van der Waals surface area (Å²) in [5.74, 6) is 0.728. The number of amidine groups is 1. The summed E-state index contributed by atoms with van der Waals surface area (Å²) in [7, 11) is 4.02. The molecule has 1 heterocycles. The average Bonchev–Trinajstić information content (AvgIpc) is 3.15. The molecule has 0 spiro atoms. The predicted octanol–water partition coefficient (Wildman–Crippen LogP) is 6.54. The van der Waals surface area contributed by atoms with Gasteiger partial charge < -0.3 is 4.90 Å². The van der Waals surface area contributed by atoms with E-state index in [2.05, 4.69) is 31.5 Å². The molecule has 6 nitrogen and oxygen atoms in total. The standard InChI is InChI=1S/C22H20N6/c1-28(2)20-13-11-19(12-14-20)25-24-17-7-9-18(10-8-17)26-27-22-15-16-5-3-4-6-21(16)23-22/h3-14H,15H2,1-2H3. The maximum absolute atomic E-state index is 4.48. The van der Waals surface area contributed by atoms with Gasteiger partial charge in [-0.05, 0) is 60.2 Å². The van der Waals surface area contributed by atoms with Gasteiger partial charge in [-0.3, -0.25) is 0 Å². The summed E-state index contributed by atoms with van der Waals surface area (Å²) in [6, 6.07) is 23.5. The maximum Gasteiger partial charge on any atom is 0.155 e. The van der Waals surface area contributed by atoms with Crippen LogP contribution in [0.5, 0.6) is 0 Å². The lowest BCUT2D eigenvalue weighted by Gasteiger charge is -2.11. The molecule has 0 saturated carbocycles. The van der Waals surface area contributed by atoms with Crippen LogP contribution < -0.4 is 4.90 Å². The Hall–Kier alpha value is -3.67. The van der Waals surface area contributed by atoms with Crippen LogP contribution in [0.4, 0.5) is 28.4 Å². The third-order valence-corrected chi connectivity index (χ3v) is 4.37. The number of aliphatic imine (C=N–C) groups is 1. The van der Waals surface area contributed by atoms with Gasteiger partial charge in [-0.2, -0.15) is 10.2 Å². The minimum atomic E-state index is 0.721. The van der Waals surface area contributed by atoms with Crippen LogP contribution in [0, 0.1) is 0 Å². The summed E-state index contributed by atoms with van der Waals surface area (Å²) in [4.78, 5) is 6.53. The van der Waals surface area contributed by atoms with E-state index in [1.54, 1.807) is 0 Å². The maximum atomic E-state index is 4.48. The molecule has 28 heavy (non-hydrogen) atoms. The molecule has 0 aliphatic carbocycles. The van der Waals surface area contributed by atoms with Crippen molar-refractivity contribution in [2.24, 2.45) is 25.4 Å². The Labute approximate surface area is 164 Å². The molecule has 4 rings (SSSR count). The van der Waals surface area contributed by atoms with Gasteiger partial charge in [0.05, 0.1) is 22.7 Å². The number of rotatable bonds is 4.